The van der Waals surface area contributed by atoms with Gasteiger partial charge in [-0.3, -0.25) is 0 Å². The van der Waals surface area contributed by atoms with E-state index in [1.807, 2.05) is 0 Å². The van der Waals surface area contributed by atoms with E-state index >= 15 is 0 Å². The summed E-state index contributed by atoms with van der Waals surface area (Å²) in [6.45, 7) is 5.54. The Morgan fingerprint density at radius 1 is 1.29 bits per heavy atom. The number of nitrogens with zero attached hydrogens (tertiary/aromatic N) is 2. The van der Waals surface area contributed by atoms with E-state index in [9.17, 15) is 0 Å². The van der Waals surface area contributed by atoms with Gasteiger partial charge in [0.2, 0.25) is 0 Å². The van der Waals surface area contributed by atoms with E-state index in [1.165, 1.54) is 55.5 Å². The molecule has 1 aromatic rings. The number of nitrogens with one attached hydrogen (secondary N) is 1. The number of aromatic nitrogens is 1. The number of hydrogen-bond donors (Lipinski definition) is 1. The molecule has 2 aliphatic carbocycles. The molecule has 3 heteroatoms. The number of rotatable bonds is 5. The average molecular weight is 287 g/mol. The van der Waals surface area contributed by atoms with Gasteiger partial charge in [-0.25, -0.2) is 4.98 Å². The predicted molar refractivity (Wildman–Crippen MR) is 88.7 cm³/mol. The maximum Gasteiger partial charge on any atom is 0.131 e. The fraction of sp³-hybridized carbons (Fsp3) is 0.722. The highest BCUT2D eigenvalue weighted by Crippen LogP contribution is 2.30. The zero-order valence-corrected chi connectivity index (χ0v) is 13.7. The molecule has 2 atom stereocenters. The first-order chi connectivity index (χ1) is 10.1. The summed E-state index contributed by atoms with van der Waals surface area (Å²) < 4.78 is 0. The fourth-order valence-electron chi connectivity index (χ4n) is 3.57. The number of hydrogen-bond acceptors (Lipinski definition) is 3. The summed E-state index contributed by atoms with van der Waals surface area (Å²) in [5.74, 6) is 2.03. The van der Waals surface area contributed by atoms with Crippen molar-refractivity contribution >= 4 is 5.82 Å². The van der Waals surface area contributed by atoms with Crippen LogP contribution < -0.4 is 10.2 Å². The molecule has 3 nitrogen and oxygen atoms in total. The third-order valence-electron chi connectivity index (χ3n) is 5.07. The summed E-state index contributed by atoms with van der Waals surface area (Å²) in [6.07, 6.45) is 10.1. The Hall–Kier alpha value is -1.09. The van der Waals surface area contributed by atoms with Crippen molar-refractivity contribution in [3.63, 3.8) is 0 Å². The van der Waals surface area contributed by atoms with E-state index in [0.717, 1.165) is 18.5 Å². The molecule has 2 saturated carbocycles. The Balaban J connectivity index is 1.65. The molecule has 0 aromatic carbocycles. The number of pyridine rings is 1. The summed E-state index contributed by atoms with van der Waals surface area (Å²) >= 11 is 0. The lowest BCUT2D eigenvalue weighted by Gasteiger charge is -2.35. The van der Waals surface area contributed by atoms with Crippen LogP contribution in [0.2, 0.25) is 0 Å². The van der Waals surface area contributed by atoms with Gasteiger partial charge in [0.25, 0.3) is 0 Å². The zero-order chi connectivity index (χ0) is 14.8. The van der Waals surface area contributed by atoms with E-state index in [1.54, 1.807) is 0 Å². The van der Waals surface area contributed by atoms with Gasteiger partial charge in [0.1, 0.15) is 5.82 Å². The Labute approximate surface area is 129 Å². The van der Waals surface area contributed by atoms with Crippen LogP contribution in [0.3, 0.4) is 0 Å². The summed E-state index contributed by atoms with van der Waals surface area (Å²) in [5.41, 5.74) is 2.62. The summed E-state index contributed by atoms with van der Waals surface area (Å²) in [4.78, 5) is 7.18. The molecule has 2 unspecified atom stereocenters. The molecule has 2 fully saturated rings. The lowest BCUT2D eigenvalue weighted by atomic mass is 9.86. The van der Waals surface area contributed by atoms with Crippen LogP contribution in [-0.4, -0.2) is 24.1 Å². The molecular formula is C18H29N3. The lowest BCUT2D eigenvalue weighted by molar-refractivity contribution is 0.335. The van der Waals surface area contributed by atoms with Crippen molar-refractivity contribution in [2.45, 2.75) is 71.0 Å². The third kappa shape index (κ3) is 3.76. The molecule has 116 valence electrons. The molecule has 0 spiro atoms. The molecular weight excluding hydrogens is 258 g/mol. The van der Waals surface area contributed by atoms with Gasteiger partial charge in [0.05, 0.1) is 0 Å². The highest BCUT2D eigenvalue weighted by molar-refractivity contribution is 5.47. The Kier molecular flexibility index (Phi) is 4.48. The molecule has 0 radical (unpaired) electrons. The van der Waals surface area contributed by atoms with Crippen LogP contribution in [-0.2, 0) is 6.54 Å². The SMILES string of the molecule is Cc1cc(CNC2CC2)cnc1N(C)C1CCCC(C)C1. The average Bonchev–Trinajstić information content (AvgIpc) is 3.29. The van der Waals surface area contributed by atoms with Crippen LogP contribution in [0.15, 0.2) is 12.3 Å². The Morgan fingerprint density at radius 2 is 2.10 bits per heavy atom. The van der Waals surface area contributed by atoms with Crippen molar-refractivity contribution in [2.24, 2.45) is 5.92 Å². The minimum Gasteiger partial charge on any atom is -0.356 e. The van der Waals surface area contributed by atoms with Gasteiger partial charge < -0.3 is 10.2 Å². The predicted octanol–water partition coefficient (Wildman–Crippen LogP) is 3.66. The molecule has 1 N–H and O–H groups in total. The van der Waals surface area contributed by atoms with Crippen LogP contribution in [0.1, 0.15) is 56.6 Å². The number of anilines is 1. The van der Waals surface area contributed by atoms with Gasteiger partial charge in [0, 0.05) is 31.9 Å². The van der Waals surface area contributed by atoms with Gasteiger partial charge in [-0.05, 0) is 55.7 Å². The topological polar surface area (TPSA) is 28.2 Å². The van der Waals surface area contributed by atoms with Crippen molar-refractivity contribution in [1.29, 1.82) is 0 Å². The first kappa shape index (κ1) is 14.8. The largest absolute Gasteiger partial charge is 0.356 e. The minimum absolute atomic E-state index is 0.662. The first-order valence-corrected chi connectivity index (χ1v) is 8.55. The zero-order valence-electron chi connectivity index (χ0n) is 13.7. The van der Waals surface area contributed by atoms with Crippen LogP contribution in [0.25, 0.3) is 0 Å². The van der Waals surface area contributed by atoms with Crippen LogP contribution in [0, 0.1) is 12.8 Å². The normalized spacial score (nSPS) is 25.9. The molecule has 0 amide bonds. The van der Waals surface area contributed by atoms with Crippen LogP contribution in [0.4, 0.5) is 5.82 Å². The third-order valence-corrected chi connectivity index (χ3v) is 5.07. The Bertz CT molecular complexity index is 481. The summed E-state index contributed by atoms with van der Waals surface area (Å²) in [7, 11) is 2.22. The van der Waals surface area contributed by atoms with Crippen molar-refractivity contribution < 1.29 is 0 Å². The van der Waals surface area contributed by atoms with E-state index < -0.39 is 0 Å². The van der Waals surface area contributed by atoms with Crippen molar-refractivity contribution in [1.82, 2.24) is 10.3 Å². The summed E-state index contributed by atoms with van der Waals surface area (Å²) in [5, 5.41) is 3.56. The molecule has 1 aromatic heterocycles. The molecule has 1 heterocycles. The molecule has 2 aliphatic rings. The van der Waals surface area contributed by atoms with Crippen molar-refractivity contribution in [3.8, 4) is 0 Å². The second-order valence-corrected chi connectivity index (χ2v) is 7.18. The highest BCUT2D eigenvalue weighted by atomic mass is 15.2. The van der Waals surface area contributed by atoms with Gasteiger partial charge in [0.15, 0.2) is 0 Å². The highest BCUT2D eigenvalue weighted by Gasteiger charge is 2.24. The lowest BCUT2D eigenvalue weighted by Crippen LogP contribution is -2.36. The smallest absolute Gasteiger partial charge is 0.131 e. The van der Waals surface area contributed by atoms with E-state index in [2.05, 4.69) is 43.4 Å². The van der Waals surface area contributed by atoms with Gasteiger partial charge in [-0.15, -0.1) is 0 Å². The molecule has 0 saturated heterocycles. The first-order valence-electron chi connectivity index (χ1n) is 8.55. The van der Waals surface area contributed by atoms with Gasteiger partial charge in [-0.2, -0.15) is 0 Å². The summed E-state index contributed by atoms with van der Waals surface area (Å²) in [6, 6.07) is 3.73. The van der Waals surface area contributed by atoms with E-state index in [0.29, 0.717) is 6.04 Å². The molecule has 0 aliphatic heterocycles. The molecule has 21 heavy (non-hydrogen) atoms. The number of aryl methyl sites for hydroxylation is 1. The van der Waals surface area contributed by atoms with E-state index in [-0.39, 0.29) is 0 Å². The second-order valence-electron chi connectivity index (χ2n) is 7.18. The molecule has 0 bridgehead atoms. The van der Waals surface area contributed by atoms with Crippen LogP contribution in [0.5, 0.6) is 0 Å². The maximum atomic E-state index is 4.76. The molecule has 3 rings (SSSR count). The maximum absolute atomic E-state index is 4.76. The Morgan fingerprint density at radius 3 is 2.76 bits per heavy atom. The van der Waals surface area contributed by atoms with Gasteiger partial charge >= 0.3 is 0 Å². The van der Waals surface area contributed by atoms with Gasteiger partial charge in [-0.1, -0.05) is 19.8 Å². The minimum atomic E-state index is 0.662. The quantitative estimate of drug-likeness (QED) is 0.896. The second kappa shape index (κ2) is 6.35. The van der Waals surface area contributed by atoms with E-state index in [4.69, 9.17) is 4.98 Å². The standard InChI is InChI=1S/C18H29N3/c1-13-5-4-6-17(9-13)21(3)18-14(2)10-15(12-20-18)11-19-16-7-8-16/h10,12-13,16-17,19H,4-9,11H2,1-3H3. The fourth-order valence-corrected chi connectivity index (χ4v) is 3.57. The van der Waals surface area contributed by atoms with Crippen molar-refractivity contribution in [3.05, 3.63) is 23.4 Å². The van der Waals surface area contributed by atoms with Crippen LogP contribution >= 0.6 is 0 Å². The monoisotopic (exact) mass is 287 g/mol. The van der Waals surface area contributed by atoms with Crippen molar-refractivity contribution in [2.75, 3.05) is 11.9 Å².